The molecule has 37 heavy (non-hydrogen) atoms. The van der Waals surface area contributed by atoms with Crippen molar-refractivity contribution in [1.82, 2.24) is 10.2 Å². The van der Waals surface area contributed by atoms with E-state index in [2.05, 4.69) is 5.32 Å². The summed E-state index contributed by atoms with van der Waals surface area (Å²) < 4.78 is 11.5. The average molecular weight is 515 g/mol. The maximum absolute atomic E-state index is 13.5. The number of β-lactam (4-membered cyclic amide) rings is 1. The number of nitrogens with one attached hydrogen (secondary N) is 1. The number of thioether (sulfide) groups is 1. The zero-order chi connectivity index (χ0) is 25.8. The largest absolute Gasteiger partial charge is 0.484 e. The lowest BCUT2D eigenvalue weighted by Gasteiger charge is -2.49. The summed E-state index contributed by atoms with van der Waals surface area (Å²) in [5.41, 5.74) is 2.68. The van der Waals surface area contributed by atoms with E-state index in [1.807, 2.05) is 85.8 Å². The van der Waals surface area contributed by atoms with Gasteiger partial charge < -0.3 is 14.8 Å². The summed E-state index contributed by atoms with van der Waals surface area (Å²) in [7, 11) is 0. The van der Waals surface area contributed by atoms with Crippen LogP contribution in [0.3, 0.4) is 0 Å². The van der Waals surface area contributed by atoms with Gasteiger partial charge in [-0.15, -0.1) is 11.8 Å². The van der Waals surface area contributed by atoms with Crippen molar-refractivity contribution in [2.75, 3.05) is 12.4 Å². The van der Waals surface area contributed by atoms with Crippen LogP contribution in [0, 0.1) is 0 Å². The second-order valence-corrected chi connectivity index (χ2v) is 9.90. The van der Waals surface area contributed by atoms with E-state index in [1.54, 1.807) is 12.1 Å². The number of carbonyl (C=O) groups excluding carboxylic acids is 3. The summed E-state index contributed by atoms with van der Waals surface area (Å²) in [5.74, 6) is -0.182. The second-order valence-electron chi connectivity index (χ2n) is 8.79. The zero-order valence-electron chi connectivity index (χ0n) is 20.2. The normalized spacial score (nSPS) is 18.6. The van der Waals surface area contributed by atoms with Crippen molar-refractivity contribution in [2.45, 2.75) is 24.4 Å². The highest BCUT2D eigenvalue weighted by molar-refractivity contribution is 8.00. The van der Waals surface area contributed by atoms with Gasteiger partial charge in [0.15, 0.2) is 12.7 Å². The lowest BCUT2D eigenvalue weighted by molar-refractivity contribution is -0.154. The maximum Gasteiger partial charge on any atom is 0.356 e. The minimum absolute atomic E-state index is 0.204. The molecule has 8 heteroatoms. The minimum Gasteiger partial charge on any atom is -0.484 e. The SMILES string of the molecule is CC1=C(C(=O)OC(c2ccccc2)c2ccccc2)N2C(=O)[C@@H](NC(=O)COc3ccccc3)[C@@H]2SC1. The van der Waals surface area contributed by atoms with E-state index >= 15 is 0 Å². The molecule has 2 atom stereocenters. The molecule has 2 amide bonds. The van der Waals surface area contributed by atoms with Crippen LogP contribution >= 0.6 is 11.8 Å². The molecule has 0 aliphatic carbocycles. The first-order chi connectivity index (χ1) is 18.0. The quantitative estimate of drug-likeness (QED) is 0.360. The number of fused-ring (bicyclic) bond motifs is 1. The predicted molar refractivity (Wildman–Crippen MR) is 140 cm³/mol. The third kappa shape index (κ3) is 5.24. The molecule has 188 valence electrons. The Morgan fingerprint density at radius 3 is 2.11 bits per heavy atom. The third-order valence-electron chi connectivity index (χ3n) is 6.21. The molecule has 2 aliphatic rings. The van der Waals surface area contributed by atoms with Crippen LogP contribution in [0.1, 0.15) is 24.2 Å². The lowest BCUT2D eigenvalue weighted by atomic mass is 10.0. The fraction of sp³-hybridized carbons (Fsp3) is 0.207. The Bertz CT molecular complexity index is 1270. The number of ether oxygens (including phenoxy) is 2. The van der Waals surface area contributed by atoms with Gasteiger partial charge in [-0.25, -0.2) is 4.79 Å². The minimum atomic E-state index is -0.730. The standard InChI is InChI=1S/C29H26N2O5S/c1-19-18-37-28-24(30-23(32)17-35-22-15-9-4-10-16-22)27(33)31(28)25(19)29(34)36-26(20-11-5-2-6-12-20)21-13-7-3-8-14-21/h2-16,24,26,28H,17-18H2,1H3,(H,30,32)/t24-,28+/m1/s1. The van der Waals surface area contributed by atoms with Crippen LogP contribution in [0.2, 0.25) is 0 Å². The summed E-state index contributed by atoms with van der Waals surface area (Å²) in [6.07, 6.45) is -0.620. The van der Waals surface area contributed by atoms with Crippen molar-refractivity contribution in [1.29, 1.82) is 0 Å². The number of benzene rings is 3. The van der Waals surface area contributed by atoms with Gasteiger partial charge in [-0.1, -0.05) is 78.9 Å². The topological polar surface area (TPSA) is 84.9 Å². The Balaban J connectivity index is 1.28. The number of nitrogens with zero attached hydrogens (tertiary/aromatic N) is 1. The molecule has 0 spiro atoms. The Kier molecular flexibility index (Phi) is 7.28. The Labute approximate surface area is 219 Å². The molecule has 0 radical (unpaired) electrons. The molecule has 3 aromatic carbocycles. The van der Waals surface area contributed by atoms with Crippen molar-refractivity contribution in [3.63, 3.8) is 0 Å². The molecule has 7 nitrogen and oxygen atoms in total. The molecule has 0 unspecified atom stereocenters. The van der Waals surface area contributed by atoms with Gasteiger partial charge in [0.25, 0.3) is 11.8 Å². The summed E-state index contributed by atoms with van der Waals surface area (Å²) in [6, 6.07) is 27.3. The molecule has 0 bridgehead atoms. The van der Waals surface area contributed by atoms with Crippen molar-refractivity contribution in [2.24, 2.45) is 0 Å². The van der Waals surface area contributed by atoms with Crippen LogP contribution in [0.15, 0.2) is 102 Å². The molecule has 2 heterocycles. The van der Waals surface area contributed by atoms with Crippen molar-refractivity contribution >= 4 is 29.5 Å². The van der Waals surface area contributed by atoms with E-state index in [1.165, 1.54) is 16.7 Å². The fourth-order valence-electron chi connectivity index (χ4n) is 4.39. The Morgan fingerprint density at radius 2 is 1.51 bits per heavy atom. The van der Waals surface area contributed by atoms with E-state index in [9.17, 15) is 14.4 Å². The number of carbonyl (C=O) groups is 3. The predicted octanol–water partition coefficient (Wildman–Crippen LogP) is 4.07. The number of esters is 1. The lowest BCUT2D eigenvalue weighted by Crippen LogP contribution is -2.70. The first-order valence-corrected chi connectivity index (χ1v) is 13.0. The van der Waals surface area contributed by atoms with Gasteiger partial charge in [-0.3, -0.25) is 14.5 Å². The number of hydrogen-bond donors (Lipinski definition) is 1. The number of amides is 2. The molecule has 1 saturated heterocycles. The number of hydrogen-bond acceptors (Lipinski definition) is 6. The summed E-state index contributed by atoms with van der Waals surface area (Å²) in [4.78, 5) is 40.5. The van der Waals surface area contributed by atoms with E-state index in [-0.39, 0.29) is 23.6 Å². The monoisotopic (exact) mass is 514 g/mol. The smallest absolute Gasteiger partial charge is 0.356 e. The summed E-state index contributed by atoms with van der Waals surface area (Å²) >= 11 is 1.51. The van der Waals surface area contributed by atoms with E-state index in [4.69, 9.17) is 9.47 Å². The van der Waals surface area contributed by atoms with Crippen molar-refractivity contribution < 1.29 is 23.9 Å². The van der Waals surface area contributed by atoms with Crippen LogP contribution in [0.4, 0.5) is 0 Å². The highest BCUT2D eigenvalue weighted by Crippen LogP contribution is 2.41. The van der Waals surface area contributed by atoms with Crippen molar-refractivity contribution in [3.8, 4) is 5.75 Å². The number of para-hydroxylation sites is 1. The van der Waals surface area contributed by atoms with E-state index in [0.717, 1.165) is 16.7 Å². The Hall–Kier alpha value is -4.04. The second kappa shape index (κ2) is 10.9. The van der Waals surface area contributed by atoms with Crippen LogP contribution in [-0.2, 0) is 19.1 Å². The van der Waals surface area contributed by atoms with Gasteiger partial charge in [0, 0.05) is 5.75 Å². The average Bonchev–Trinajstić information content (AvgIpc) is 2.94. The van der Waals surface area contributed by atoms with Gasteiger partial charge in [-0.05, 0) is 35.8 Å². The van der Waals surface area contributed by atoms with Gasteiger partial charge >= 0.3 is 5.97 Å². The zero-order valence-corrected chi connectivity index (χ0v) is 21.0. The van der Waals surface area contributed by atoms with Crippen LogP contribution in [-0.4, -0.2) is 46.5 Å². The fourth-order valence-corrected chi connectivity index (χ4v) is 5.68. The molecule has 0 saturated carbocycles. The van der Waals surface area contributed by atoms with Gasteiger partial charge in [0.1, 0.15) is 22.9 Å². The third-order valence-corrected chi connectivity index (χ3v) is 7.64. The number of rotatable bonds is 8. The van der Waals surface area contributed by atoms with Crippen LogP contribution in [0.5, 0.6) is 5.75 Å². The van der Waals surface area contributed by atoms with Crippen LogP contribution < -0.4 is 10.1 Å². The van der Waals surface area contributed by atoms with E-state index in [0.29, 0.717) is 11.5 Å². The molecule has 5 rings (SSSR count). The first kappa shape index (κ1) is 24.6. The van der Waals surface area contributed by atoms with Crippen molar-refractivity contribution in [3.05, 3.63) is 113 Å². The van der Waals surface area contributed by atoms with Crippen LogP contribution in [0.25, 0.3) is 0 Å². The highest BCUT2D eigenvalue weighted by atomic mass is 32.2. The molecule has 1 fully saturated rings. The van der Waals surface area contributed by atoms with Gasteiger partial charge in [-0.2, -0.15) is 0 Å². The highest BCUT2D eigenvalue weighted by Gasteiger charge is 2.54. The van der Waals surface area contributed by atoms with Gasteiger partial charge in [0.05, 0.1) is 0 Å². The molecular formula is C29H26N2O5S. The summed E-state index contributed by atoms with van der Waals surface area (Å²) in [6.45, 7) is 1.62. The maximum atomic E-state index is 13.5. The molecule has 2 aliphatic heterocycles. The molecule has 0 aromatic heterocycles. The van der Waals surface area contributed by atoms with Gasteiger partial charge in [0.2, 0.25) is 0 Å². The first-order valence-electron chi connectivity index (χ1n) is 12.0. The summed E-state index contributed by atoms with van der Waals surface area (Å²) in [5, 5.41) is 2.37. The Morgan fingerprint density at radius 1 is 0.946 bits per heavy atom. The molecule has 3 aromatic rings. The molecule has 1 N–H and O–H groups in total. The molecular weight excluding hydrogens is 488 g/mol. The van der Waals surface area contributed by atoms with E-state index < -0.39 is 24.0 Å².